The van der Waals surface area contributed by atoms with E-state index in [0.717, 1.165) is 50.9 Å². The van der Waals surface area contributed by atoms with Crippen LogP contribution in [0.4, 0.5) is 0 Å². The third-order valence-electron chi connectivity index (χ3n) is 8.96. The Labute approximate surface area is 329 Å². The summed E-state index contributed by atoms with van der Waals surface area (Å²) in [7, 11) is -9.69. The van der Waals surface area contributed by atoms with Gasteiger partial charge in [-0.3, -0.25) is 23.2 Å². The molecule has 320 valence electrons. The summed E-state index contributed by atoms with van der Waals surface area (Å²) < 4.78 is 53.3. The fourth-order valence-electron chi connectivity index (χ4n) is 5.36. The zero-order valence-electron chi connectivity index (χ0n) is 33.4. The maximum Gasteiger partial charge on any atom is 0.472 e. The van der Waals surface area contributed by atoms with Crippen LogP contribution in [0.2, 0.25) is 0 Å². The highest BCUT2D eigenvalue weighted by Gasteiger charge is 2.36. The summed E-state index contributed by atoms with van der Waals surface area (Å²) >= 11 is 0. The first-order valence-corrected chi connectivity index (χ1v) is 23.2. The van der Waals surface area contributed by atoms with Gasteiger partial charge < -0.3 is 34.0 Å². The molecule has 0 saturated carbocycles. The smallest absolute Gasteiger partial charge is 0.462 e. The van der Waals surface area contributed by atoms with Crippen LogP contribution < -0.4 is 0 Å². The number of esters is 2. The summed E-state index contributed by atoms with van der Waals surface area (Å²) in [6.07, 6.45) is 27.7. The minimum atomic E-state index is -4.87. The van der Waals surface area contributed by atoms with E-state index in [9.17, 15) is 28.7 Å². The molecular formula is C39H70O14P2. The molecule has 1 rings (SSSR count). The zero-order chi connectivity index (χ0) is 40.8. The third kappa shape index (κ3) is 32.0. The van der Waals surface area contributed by atoms with Gasteiger partial charge in [0.25, 0.3) is 0 Å². The molecule has 1 heterocycles. The van der Waals surface area contributed by atoms with E-state index >= 15 is 0 Å². The van der Waals surface area contributed by atoms with Crippen LogP contribution in [0.3, 0.4) is 0 Å². The molecule has 6 atom stereocenters. The molecule has 0 aromatic rings. The van der Waals surface area contributed by atoms with E-state index < -0.39 is 66.2 Å². The van der Waals surface area contributed by atoms with Crippen molar-refractivity contribution in [3.8, 4) is 0 Å². The summed E-state index contributed by atoms with van der Waals surface area (Å²) in [5, 5.41) is 9.72. The number of aliphatic hydroxyl groups is 1. The molecule has 1 aliphatic rings. The first kappa shape index (κ1) is 51.3. The minimum Gasteiger partial charge on any atom is -0.462 e. The van der Waals surface area contributed by atoms with Gasteiger partial charge >= 0.3 is 27.6 Å². The van der Waals surface area contributed by atoms with Crippen LogP contribution in [0.1, 0.15) is 143 Å². The molecule has 16 heteroatoms. The number of phosphoric acid groups is 2. The van der Waals surface area contributed by atoms with Gasteiger partial charge in [0.05, 0.1) is 32.0 Å². The van der Waals surface area contributed by atoms with Crippen LogP contribution in [0.15, 0.2) is 36.5 Å². The van der Waals surface area contributed by atoms with Crippen LogP contribution in [-0.2, 0) is 46.5 Å². The van der Waals surface area contributed by atoms with Gasteiger partial charge in [-0.2, -0.15) is 0 Å². The quantitative estimate of drug-likeness (QED) is 0.0154. The van der Waals surface area contributed by atoms with Crippen molar-refractivity contribution in [3.05, 3.63) is 36.5 Å². The third-order valence-corrected chi connectivity index (χ3v) is 10.4. The normalized spacial score (nSPS) is 18.8. The Morgan fingerprint density at radius 3 is 1.96 bits per heavy atom. The van der Waals surface area contributed by atoms with Crippen molar-refractivity contribution in [1.29, 1.82) is 0 Å². The summed E-state index contributed by atoms with van der Waals surface area (Å²) in [6, 6.07) is 0. The van der Waals surface area contributed by atoms with Crippen molar-refractivity contribution in [1.82, 2.24) is 0 Å². The molecule has 14 nitrogen and oxygen atoms in total. The lowest BCUT2D eigenvalue weighted by atomic mass is 10.00. The number of rotatable bonds is 36. The Hall–Kier alpha value is -1.70. The van der Waals surface area contributed by atoms with Gasteiger partial charge in [0.2, 0.25) is 0 Å². The summed E-state index contributed by atoms with van der Waals surface area (Å²) in [4.78, 5) is 52.5. The fraction of sp³-hybridized carbons (Fsp3) is 0.795. The Morgan fingerprint density at radius 2 is 1.27 bits per heavy atom. The lowest BCUT2D eigenvalue weighted by molar-refractivity contribution is -0.161. The summed E-state index contributed by atoms with van der Waals surface area (Å²) in [5.74, 6) is -0.365. The second-order valence-corrected chi connectivity index (χ2v) is 16.9. The van der Waals surface area contributed by atoms with Crippen LogP contribution in [0.5, 0.6) is 0 Å². The van der Waals surface area contributed by atoms with Crippen LogP contribution in [-0.4, -0.2) is 82.6 Å². The van der Waals surface area contributed by atoms with Gasteiger partial charge in [-0.25, -0.2) is 9.13 Å². The highest BCUT2D eigenvalue weighted by Crippen LogP contribution is 2.44. The number of aliphatic hydroxyl groups excluding tert-OH is 1. The predicted molar refractivity (Wildman–Crippen MR) is 211 cm³/mol. The molecule has 0 aliphatic carbocycles. The molecule has 4 unspecified atom stereocenters. The number of hydrogen-bond acceptors (Lipinski definition) is 11. The monoisotopic (exact) mass is 824 g/mol. The van der Waals surface area contributed by atoms with Crippen molar-refractivity contribution in [2.24, 2.45) is 5.92 Å². The van der Waals surface area contributed by atoms with Crippen molar-refractivity contribution < 1.29 is 66.3 Å². The lowest BCUT2D eigenvalue weighted by Gasteiger charge is -2.20. The number of allylic oxidation sites excluding steroid dienone is 4. The highest BCUT2D eigenvalue weighted by molar-refractivity contribution is 7.47. The number of unbranched alkanes of at least 4 members (excludes halogenated alkanes) is 9. The molecule has 1 aliphatic heterocycles. The fourth-order valence-corrected chi connectivity index (χ4v) is 6.51. The Bertz CT molecular complexity index is 1200. The van der Waals surface area contributed by atoms with Crippen molar-refractivity contribution in [2.75, 3.05) is 26.4 Å². The molecule has 1 saturated heterocycles. The lowest BCUT2D eigenvalue weighted by Crippen LogP contribution is -2.29. The van der Waals surface area contributed by atoms with Crippen LogP contribution >= 0.6 is 15.6 Å². The minimum absolute atomic E-state index is 0.0472. The average Bonchev–Trinajstić information content (AvgIpc) is 3.90. The second-order valence-electron chi connectivity index (χ2n) is 14.2. The maximum absolute atomic E-state index is 12.6. The average molecular weight is 825 g/mol. The molecule has 4 N–H and O–H groups in total. The maximum atomic E-state index is 12.6. The van der Waals surface area contributed by atoms with E-state index in [0.29, 0.717) is 19.3 Å². The number of carbonyl (C=O) groups is 2. The van der Waals surface area contributed by atoms with E-state index in [1.807, 2.05) is 12.2 Å². The largest absolute Gasteiger partial charge is 0.472 e. The van der Waals surface area contributed by atoms with Gasteiger partial charge in [0.15, 0.2) is 6.10 Å². The highest BCUT2D eigenvalue weighted by atomic mass is 31.2. The zero-order valence-corrected chi connectivity index (χ0v) is 35.2. The standard InChI is InChI=1S/C39H70O14P2/c1-4-6-7-8-9-10-11-15-20-25-36-37(53-36)26-21-17-18-23-28-39(42)52-35(32-51-55(46,47)50-30-34(40)29-49-54(43,44)45)31-48-38(41)27-22-16-13-12-14-19-24-33(3)5-2/h9-10,15,17,20-21,33-37,40H,4-8,11-14,16,18-19,22-32H2,1-3H3,(H,46,47)(H2,43,44,45)/b10-9-,20-15-,21-17-/t33?,34-,35+,36?,37?/m0/s1. The molecule has 0 bridgehead atoms. The van der Waals surface area contributed by atoms with Crippen molar-refractivity contribution >= 4 is 27.6 Å². The summed E-state index contributed by atoms with van der Waals surface area (Å²) in [5.41, 5.74) is 0. The van der Waals surface area contributed by atoms with E-state index in [1.165, 1.54) is 44.9 Å². The SMILES string of the molecule is CCCCC/C=C\C/C=C\CC1OC1C/C=C\CCCC(=O)O[C@H](COC(=O)CCCCCCCCC(C)CC)COP(=O)(O)OC[C@@H](O)COP(=O)(O)O. The Kier molecular flexibility index (Phi) is 29.2. The van der Waals surface area contributed by atoms with E-state index in [2.05, 4.69) is 54.1 Å². The Balaban J connectivity index is 2.44. The molecule has 1 fully saturated rings. The second kappa shape index (κ2) is 31.3. The number of phosphoric ester groups is 2. The van der Waals surface area contributed by atoms with Gasteiger partial charge in [-0.15, -0.1) is 0 Å². The van der Waals surface area contributed by atoms with Crippen LogP contribution in [0.25, 0.3) is 0 Å². The van der Waals surface area contributed by atoms with Crippen molar-refractivity contribution in [3.63, 3.8) is 0 Å². The molecule has 0 spiro atoms. The first-order valence-electron chi connectivity index (χ1n) is 20.2. The van der Waals surface area contributed by atoms with Gasteiger partial charge in [0, 0.05) is 12.8 Å². The number of ether oxygens (including phenoxy) is 3. The molecular weight excluding hydrogens is 754 g/mol. The molecule has 55 heavy (non-hydrogen) atoms. The van der Waals surface area contributed by atoms with Gasteiger partial charge in [-0.05, 0) is 57.3 Å². The number of epoxide rings is 1. The predicted octanol–water partition coefficient (Wildman–Crippen LogP) is 8.57. The topological polar surface area (TPSA) is 208 Å². The number of hydrogen-bond donors (Lipinski definition) is 4. The summed E-state index contributed by atoms with van der Waals surface area (Å²) in [6.45, 7) is 3.89. The molecule has 0 aromatic heterocycles. The van der Waals surface area contributed by atoms with Crippen LogP contribution in [0, 0.1) is 5.92 Å². The van der Waals surface area contributed by atoms with E-state index in [4.69, 9.17) is 28.5 Å². The van der Waals surface area contributed by atoms with E-state index in [-0.39, 0.29) is 25.0 Å². The molecule has 0 aromatic carbocycles. The Morgan fingerprint density at radius 1 is 0.691 bits per heavy atom. The molecule has 0 amide bonds. The van der Waals surface area contributed by atoms with E-state index in [1.54, 1.807) is 0 Å². The number of carbonyl (C=O) groups excluding carboxylic acids is 2. The van der Waals surface area contributed by atoms with Gasteiger partial charge in [0.1, 0.15) is 12.7 Å². The first-order chi connectivity index (χ1) is 26.2. The molecule has 0 radical (unpaired) electrons. The van der Waals surface area contributed by atoms with Crippen molar-refractivity contribution in [2.45, 2.75) is 167 Å². The van der Waals surface area contributed by atoms with Gasteiger partial charge in [-0.1, -0.05) is 115 Å².